The highest BCUT2D eigenvalue weighted by atomic mass is 32.2. The molecule has 7 nitrogen and oxygen atoms in total. The lowest BCUT2D eigenvalue weighted by molar-refractivity contribution is -0.160. The molecule has 0 spiro atoms. The molecular formula is C19H25NO6S. The van der Waals surface area contributed by atoms with Crippen LogP contribution in [0.4, 0.5) is 0 Å². The Morgan fingerprint density at radius 3 is 2.70 bits per heavy atom. The normalized spacial score (nSPS) is 21.3. The standard InChI is InChI=1S/C19H25NO6S/c1-13(19(22)20(2)16-8-9-27(23,24)12-16)26-18(21)11-25-17-7-6-14-4-3-5-15(14)10-17/h6-7,10,13,16H,3-5,8-9,11-12H2,1-2H3/t13-,16-/m0/s1. The Bertz CT molecular complexity index is 835. The third-order valence-corrected chi connectivity index (χ3v) is 6.94. The van der Waals surface area contributed by atoms with Gasteiger partial charge in [-0.05, 0) is 55.9 Å². The summed E-state index contributed by atoms with van der Waals surface area (Å²) in [6.07, 6.45) is 2.65. The number of rotatable bonds is 6. The molecule has 2 aliphatic rings. The molecule has 8 heteroatoms. The van der Waals surface area contributed by atoms with Crippen LogP contribution < -0.4 is 4.74 Å². The summed E-state index contributed by atoms with van der Waals surface area (Å²) in [6.45, 7) is 1.20. The molecule has 0 unspecified atom stereocenters. The number of likely N-dealkylation sites (N-methyl/N-ethyl adjacent to an activating group) is 1. The Morgan fingerprint density at radius 2 is 2.00 bits per heavy atom. The van der Waals surface area contributed by atoms with E-state index in [1.165, 1.54) is 23.0 Å². The second kappa shape index (κ2) is 7.88. The van der Waals surface area contributed by atoms with Gasteiger partial charge in [0.1, 0.15) is 5.75 Å². The molecule has 1 amide bonds. The monoisotopic (exact) mass is 395 g/mol. The second-order valence-corrected chi connectivity index (χ2v) is 9.44. The van der Waals surface area contributed by atoms with E-state index >= 15 is 0 Å². The van der Waals surface area contributed by atoms with Gasteiger partial charge in [0, 0.05) is 13.1 Å². The number of ether oxygens (including phenoxy) is 2. The average Bonchev–Trinajstić information content (AvgIpc) is 3.23. The first-order valence-corrected chi connectivity index (χ1v) is 11.0. The first-order valence-electron chi connectivity index (χ1n) is 9.16. The van der Waals surface area contributed by atoms with Crippen LogP contribution in [-0.2, 0) is 37.0 Å². The lowest BCUT2D eigenvalue weighted by Crippen LogP contribution is -2.44. The fourth-order valence-corrected chi connectivity index (χ4v) is 5.38. The van der Waals surface area contributed by atoms with Gasteiger partial charge in [-0.2, -0.15) is 0 Å². The Morgan fingerprint density at radius 1 is 1.26 bits per heavy atom. The molecule has 1 saturated heterocycles. The summed E-state index contributed by atoms with van der Waals surface area (Å²) in [7, 11) is -1.55. The molecule has 2 atom stereocenters. The molecule has 1 aliphatic carbocycles. The van der Waals surface area contributed by atoms with Crippen molar-refractivity contribution in [3.63, 3.8) is 0 Å². The van der Waals surface area contributed by atoms with Gasteiger partial charge in [0.15, 0.2) is 22.5 Å². The van der Waals surface area contributed by atoms with Gasteiger partial charge in [0.2, 0.25) is 0 Å². The Hall–Kier alpha value is -2.09. The van der Waals surface area contributed by atoms with E-state index in [9.17, 15) is 18.0 Å². The van der Waals surface area contributed by atoms with Crippen LogP contribution in [0.2, 0.25) is 0 Å². The number of hydrogen-bond donors (Lipinski definition) is 0. The SMILES string of the molecule is C[C@H](OC(=O)COc1ccc2c(c1)CCC2)C(=O)N(C)[C@H]1CCS(=O)(=O)C1. The molecule has 0 saturated carbocycles. The third kappa shape index (κ3) is 4.80. The summed E-state index contributed by atoms with van der Waals surface area (Å²) in [5.41, 5.74) is 2.57. The Kier molecular flexibility index (Phi) is 5.74. The summed E-state index contributed by atoms with van der Waals surface area (Å²) in [4.78, 5) is 25.8. The van der Waals surface area contributed by atoms with E-state index < -0.39 is 27.8 Å². The smallest absolute Gasteiger partial charge is 0.344 e. The number of carbonyl (C=O) groups excluding carboxylic acids is 2. The first kappa shape index (κ1) is 19.7. The van der Waals surface area contributed by atoms with Gasteiger partial charge in [0.25, 0.3) is 5.91 Å². The summed E-state index contributed by atoms with van der Waals surface area (Å²) in [5, 5.41) is 0. The molecule has 3 rings (SSSR count). The minimum absolute atomic E-state index is 0.0443. The van der Waals surface area contributed by atoms with Crippen molar-refractivity contribution < 1.29 is 27.5 Å². The predicted molar refractivity (Wildman–Crippen MR) is 99.3 cm³/mol. The maximum Gasteiger partial charge on any atom is 0.344 e. The lowest BCUT2D eigenvalue weighted by atomic mass is 10.1. The van der Waals surface area contributed by atoms with Crippen molar-refractivity contribution in [2.24, 2.45) is 0 Å². The molecule has 1 aromatic rings. The summed E-state index contributed by atoms with van der Waals surface area (Å²) in [5.74, 6) is -0.401. The van der Waals surface area contributed by atoms with Crippen LogP contribution in [0.5, 0.6) is 5.75 Å². The predicted octanol–water partition coefficient (Wildman–Crippen LogP) is 1.13. The van der Waals surface area contributed by atoms with Gasteiger partial charge in [-0.15, -0.1) is 0 Å². The third-order valence-electron chi connectivity index (χ3n) is 5.19. The van der Waals surface area contributed by atoms with E-state index in [0.717, 1.165) is 19.3 Å². The molecule has 1 aromatic carbocycles. The van der Waals surface area contributed by atoms with Gasteiger partial charge in [-0.25, -0.2) is 13.2 Å². The van der Waals surface area contributed by atoms with Crippen LogP contribution in [0, 0.1) is 0 Å². The average molecular weight is 395 g/mol. The largest absolute Gasteiger partial charge is 0.482 e. The number of aryl methyl sites for hydroxylation is 2. The van der Waals surface area contributed by atoms with Crippen molar-refractivity contribution in [2.45, 2.75) is 44.8 Å². The van der Waals surface area contributed by atoms with E-state index in [1.807, 2.05) is 18.2 Å². The highest BCUT2D eigenvalue weighted by molar-refractivity contribution is 7.91. The minimum Gasteiger partial charge on any atom is -0.482 e. The van der Waals surface area contributed by atoms with Gasteiger partial charge < -0.3 is 14.4 Å². The number of nitrogens with zero attached hydrogens (tertiary/aromatic N) is 1. The molecule has 1 fully saturated rings. The van der Waals surface area contributed by atoms with Crippen LogP contribution in [0.15, 0.2) is 18.2 Å². The molecule has 0 aromatic heterocycles. The van der Waals surface area contributed by atoms with E-state index in [1.54, 1.807) is 7.05 Å². The summed E-state index contributed by atoms with van der Waals surface area (Å²) >= 11 is 0. The van der Waals surface area contributed by atoms with Crippen LogP contribution in [0.1, 0.15) is 30.9 Å². The molecular weight excluding hydrogens is 370 g/mol. The van der Waals surface area contributed by atoms with Crippen LogP contribution in [0.3, 0.4) is 0 Å². The van der Waals surface area contributed by atoms with Crippen molar-refractivity contribution >= 4 is 21.7 Å². The van der Waals surface area contributed by atoms with Gasteiger partial charge in [-0.3, -0.25) is 4.79 Å². The van der Waals surface area contributed by atoms with Crippen molar-refractivity contribution in [3.05, 3.63) is 29.3 Å². The molecule has 1 heterocycles. The van der Waals surface area contributed by atoms with Crippen molar-refractivity contribution in [2.75, 3.05) is 25.2 Å². The van der Waals surface area contributed by atoms with Crippen LogP contribution in [0.25, 0.3) is 0 Å². The molecule has 0 radical (unpaired) electrons. The van der Waals surface area contributed by atoms with Crippen molar-refractivity contribution in [1.82, 2.24) is 4.90 Å². The number of esters is 1. The maximum atomic E-state index is 12.4. The van der Waals surface area contributed by atoms with Crippen LogP contribution in [-0.4, -0.2) is 62.5 Å². The quantitative estimate of drug-likeness (QED) is 0.671. The lowest BCUT2D eigenvalue weighted by Gasteiger charge is -2.26. The highest BCUT2D eigenvalue weighted by Gasteiger charge is 2.34. The molecule has 27 heavy (non-hydrogen) atoms. The van der Waals surface area contributed by atoms with E-state index in [4.69, 9.17) is 9.47 Å². The van der Waals surface area contributed by atoms with Gasteiger partial charge in [-0.1, -0.05) is 6.07 Å². The number of sulfone groups is 1. The maximum absolute atomic E-state index is 12.4. The number of benzene rings is 1. The zero-order valence-electron chi connectivity index (χ0n) is 15.6. The first-order chi connectivity index (χ1) is 12.7. The van der Waals surface area contributed by atoms with Gasteiger partial charge in [0.05, 0.1) is 11.5 Å². The Balaban J connectivity index is 1.47. The number of carbonyl (C=O) groups is 2. The van der Waals surface area contributed by atoms with E-state index in [2.05, 4.69) is 0 Å². The fourth-order valence-electron chi connectivity index (χ4n) is 3.61. The zero-order valence-corrected chi connectivity index (χ0v) is 16.5. The summed E-state index contributed by atoms with van der Waals surface area (Å²) in [6, 6.07) is 5.42. The number of hydrogen-bond acceptors (Lipinski definition) is 6. The molecule has 0 N–H and O–H groups in total. The minimum atomic E-state index is -3.09. The molecule has 148 valence electrons. The fraction of sp³-hybridized carbons (Fsp3) is 0.579. The Labute approximate surface area is 159 Å². The second-order valence-electron chi connectivity index (χ2n) is 7.21. The zero-order chi connectivity index (χ0) is 19.6. The topological polar surface area (TPSA) is 90.0 Å². The number of amides is 1. The highest BCUT2D eigenvalue weighted by Crippen LogP contribution is 2.26. The molecule has 1 aliphatic heterocycles. The van der Waals surface area contributed by atoms with E-state index in [-0.39, 0.29) is 24.2 Å². The van der Waals surface area contributed by atoms with Gasteiger partial charge >= 0.3 is 5.97 Å². The summed E-state index contributed by atoms with van der Waals surface area (Å²) < 4.78 is 33.8. The van der Waals surface area contributed by atoms with Crippen molar-refractivity contribution in [1.29, 1.82) is 0 Å². The molecule has 0 bridgehead atoms. The van der Waals surface area contributed by atoms with E-state index in [0.29, 0.717) is 12.2 Å². The van der Waals surface area contributed by atoms with Crippen molar-refractivity contribution in [3.8, 4) is 5.75 Å². The van der Waals surface area contributed by atoms with Crippen LogP contribution >= 0.6 is 0 Å². The number of fused-ring (bicyclic) bond motifs is 1.